The lowest BCUT2D eigenvalue weighted by atomic mass is 10.0. The van der Waals surface area contributed by atoms with Crippen molar-refractivity contribution in [2.45, 2.75) is 24.9 Å². The minimum absolute atomic E-state index is 0.0407. The van der Waals surface area contributed by atoms with Crippen molar-refractivity contribution in [3.8, 4) is 0 Å². The van der Waals surface area contributed by atoms with Gasteiger partial charge in [0.05, 0.1) is 6.54 Å². The van der Waals surface area contributed by atoms with E-state index in [1.165, 1.54) is 0 Å². The van der Waals surface area contributed by atoms with Crippen LogP contribution in [0, 0.1) is 0 Å². The quantitative estimate of drug-likeness (QED) is 0.638. The van der Waals surface area contributed by atoms with Gasteiger partial charge in [-0.25, -0.2) is 0 Å². The van der Waals surface area contributed by atoms with E-state index < -0.39 is 0 Å². The van der Waals surface area contributed by atoms with Crippen molar-refractivity contribution in [1.82, 2.24) is 20.4 Å². The van der Waals surface area contributed by atoms with Gasteiger partial charge in [-0.15, -0.1) is 0 Å². The van der Waals surface area contributed by atoms with E-state index in [1.807, 2.05) is 11.9 Å². The molecule has 18 heavy (non-hydrogen) atoms. The maximum Gasteiger partial charge on any atom is 0.241 e. The summed E-state index contributed by atoms with van der Waals surface area (Å²) in [7, 11) is 3.98. The van der Waals surface area contributed by atoms with E-state index in [9.17, 15) is 9.59 Å². The molecule has 1 atom stereocenters. The number of likely N-dealkylation sites (tertiary alicyclic amines) is 1. The Bertz CT molecular complexity index is 316. The third-order valence-corrected chi connectivity index (χ3v) is 3.89. The monoisotopic (exact) mass is 254 g/mol. The largest absolute Gasteiger partial charge is 0.353 e. The second kappa shape index (κ2) is 5.67. The van der Waals surface area contributed by atoms with Gasteiger partial charge in [-0.05, 0) is 33.0 Å². The third kappa shape index (κ3) is 3.00. The Morgan fingerprint density at radius 3 is 2.61 bits per heavy atom. The first-order chi connectivity index (χ1) is 8.58. The first kappa shape index (κ1) is 13.3. The van der Waals surface area contributed by atoms with Crippen LogP contribution in [0.1, 0.15) is 12.8 Å². The standard InChI is InChI=1S/C12H22N4O2/c1-15-5-3-9(4-6-15)16(2)12(18)10-7-14-11(17)8-13-10/h9-10,13H,3-8H2,1-2H3,(H,14,17). The summed E-state index contributed by atoms with van der Waals surface area (Å²) in [5.74, 6) is 0.0468. The molecule has 2 saturated heterocycles. The van der Waals surface area contributed by atoms with Crippen molar-refractivity contribution >= 4 is 11.8 Å². The molecule has 0 aromatic carbocycles. The first-order valence-electron chi connectivity index (χ1n) is 6.53. The van der Waals surface area contributed by atoms with Gasteiger partial charge in [0.25, 0.3) is 0 Å². The third-order valence-electron chi connectivity index (χ3n) is 3.89. The molecule has 2 aliphatic heterocycles. The molecular formula is C12H22N4O2. The topological polar surface area (TPSA) is 64.7 Å². The number of nitrogens with zero attached hydrogens (tertiary/aromatic N) is 2. The van der Waals surface area contributed by atoms with Crippen molar-refractivity contribution in [2.75, 3.05) is 40.3 Å². The molecule has 0 aromatic heterocycles. The maximum atomic E-state index is 12.3. The zero-order valence-corrected chi connectivity index (χ0v) is 11.1. The highest BCUT2D eigenvalue weighted by molar-refractivity contribution is 5.86. The number of piperazine rings is 1. The summed E-state index contributed by atoms with van der Waals surface area (Å²) in [5.41, 5.74) is 0. The van der Waals surface area contributed by atoms with Crippen LogP contribution >= 0.6 is 0 Å². The number of carbonyl (C=O) groups is 2. The first-order valence-corrected chi connectivity index (χ1v) is 6.53. The Morgan fingerprint density at radius 1 is 1.39 bits per heavy atom. The van der Waals surface area contributed by atoms with E-state index in [1.54, 1.807) is 0 Å². The summed E-state index contributed by atoms with van der Waals surface area (Å²) in [6, 6.07) is 0.0560. The minimum Gasteiger partial charge on any atom is -0.353 e. The van der Waals surface area contributed by atoms with Crippen LogP contribution in [0.4, 0.5) is 0 Å². The minimum atomic E-state index is -0.271. The molecule has 0 aromatic rings. The Kier molecular flexibility index (Phi) is 4.19. The fraction of sp³-hybridized carbons (Fsp3) is 0.833. The molecule has 2 aliphatic rings. The Labute approximate surface area is 108 Å². The second-order valence-corrected chi connectivity index (χ2v) is 5.22. The van der Waals surface area contributed by atoms with Crippen LogP contribution in [0.25, 0.3) is 0 Å². The normalized spacial score (nSPS) is 26.8. The van der Waals surface area contributed by atoms with Crippen LogP contribution in [-0.2, 0) is 9.59 Å². The van der Waals surface area contributed by atoms with Crippen molar-refractivity contribution in [3.05, 3.63) is 0 Å². The molecule has 2 N–H and O–H groups in total. The summed E-state index contributed by atoms with van der Waals surface area (Å²) in [5, 5.41) is 5.70. The lowest BCUT2D eigenvalue weighted by Gasteiger charge is -2.37. The van der Waals surface area contributed by atoms with Crippen LogP contribution in [0.2, 0.25) is 0 Å². The van der Waals surface area contributed by atoms with E-state index in [0.717, 1.165) is 25.9 Å². The zero-order chi connectivity index (χ0) is 13.1. The molecule has 0 spiro atoms. The SMILES string of the molecule is CN1CCC(N(C)C(=O)C2CNC(=O)CN2)CC1. The molecule has 2 heterocycles. The second-order valence-electron chi connectivity index (χ2n) is 5.22. The smallest absolute Gasteiger partial charge is 0.241 e. The van der Waals surface area contributed by atoms with E-state index in [4.69, 9.17) is 0 Å². The Morgan fingerprint density at radius 2 is 2.06 bits per heavy atom. The fourth-order valence-corrected chi connectivity index (χ4v) is 2.55. The van der Waals surface area contributed by atoms with E-state index in [-0.39, 0.29) is 24.4 Å². The number of rotatable bonds is 2. The molecule has 0 saturated carbocycles. The zero-order valence-electron chi connectivity index (χ0n) is 11.1. The van der Waals surface area contributed by atoms with Crippen LogP contribution in [0.3, 0.4) is 0 Å². The average molecular weight is 254 g/mol. The van der Waals surface area contributed by atoms with Crippen molar-refractivity contribution in [3.63, 3.8) is 0 Å². The van der Waals surface area contributed by atoms with Gasteiger partial charge < -0.3 is 15.1 Å². The van der Waals surface area contributed by atoms with Gasteiger partial charge in [-0.3, -0.25) is 14.9 Å². The highest BCUT2D eigenvalue weighted by atomic mass is 16.2. The van der Waals surface area contributed by atoms with Crippen LogP contribution in [0.15, 0.2) is 0 Å². The lowest BCUT2D eigenvalue weighted by molar-refractivity contribution is -0.136. The number of hydrogen-bond acceptors (Lipinski definition) is 4. The van der Waals surface area contributed by atoms with Crippen molar-refractivity contribution < 1.29 is 9.59 Å². The van der Waals surface area contributed by atoms with Gasteiger partial charge in [0.2, 0.25) is 11.8 Å². The molecule has 6 nitrogen and oxygen atoms in total. The number of likely N-dealkylation sites (N-methyl/N-ethyl adjacent to an activating group) is 1. The molecule has 2 fully saturated rings. The molecular weight excluding hydrogens is 232 g/mol. The summed E-state index contributed by atoms with van der Waals surface area (Å²) in [6.45, 7) is 2.71. The van der Waals surface area contributed by atoms with E-state index in [0.29, 0.717) is 12.6 Å². The molecule has 0 radical (unpaired) electrons. The molecule has 0 aliphatic carbocycles. The number of piperidine rings is 1. The summed E-state index contributed by atoms with van der Waals surface area (Å²) < 4.78 is 0. The van der Waals surface area contributed by atoms with Gasteiger partial charge in [0.15, 0.2) is 0 Å². The van der Waals surface area contributed by atoms with Crippen LogP contribution < -0.4 is 10.6 Å². The van der Waals surface area contributed by atoms with Crippen LogP contribution in [0.5, 0.6) is 0 Å². The van der Waals surface area contributed by atoms with E-state index >= 15 is 0 Å². The number of amides is 2. The fourth-order valence-electron chi connectivity index (χ4n) is 2.55. The molecule has 2 rings (SSSR count). The molecule has 102 valence electrons. The van der Waals surface area contributed by atoms with Crippen molar-refractivity contribution in [2.24, 2.45) is 0 Å². The van der Waals surface area contributed by atoms with Crippen molar-refractivity contribution in [1.29, 1.82) is 0 Å². The van der Waals surface area contributed by atoms with Gasteiger partial charge in [0.1, 0.15) is 6.04 Å². The van der Waals surface area contributed by atoms with Gasteiger partial charge in [-0.1, -0.05) is 0 Å². The molecule has 1 unspecified atom stereocenters. The summed E-state index contributed by atoms with van der Waals surface area (Å²) in [6.07, 6.45) is 2.05. The highest BCUT2D eigenvalue weighted by Gasteiger charge is 2.30. The molecule has 6 heteroatoms. The lowest BCUT2D eigenvalue weighted by Crippen LogP contribution is -2.59. The van der Waals surface area contributed by atoms with Gasteiger partial charge in [-0.2, -0.15) is 0 Å². The average Bonchev–Trinajstić information content (AvgIpc) is 2.39. The molecule has 0 bridgehead atoms. The number of carbonyl (C=O) groups excluding carboxylic acids is 2. The summed E-state index contributed by atoms with van der Waals surface area (Å²) >= 11 is 0. The highest BCUT2D eigenvalue weighted by Crippen LogP contribution is 2.15. The number of hydrogen-bond donors (Lipinski definition) is 2. The predicted octanol–water partition coefficient (Wildman–Crippen LogP) is -1.37. The Balaban J connectivity index is 1.86. The maximum absolute atomic E-state index is 12.3. The van der Waals surface area contributed by atoms with Crippen LogP contribution in [-0.4, -0.2) is 74.0 Å². The van der Waals surface area contributed by atoms with Gasteiger partial charge in [0, 0.05) is 19.6 Å². The predicted molar refractivity (Wildman–Crippen MR) is 68.1 cm³/mol. The molecule has 2 amide bonds. The summed E-state index contributed by atoms with van der Waals surface area (Å²) in [4.78, 5) is 27.5. The number of nitrogens with one attached hydrogen (secondary N) is 2. The van der Waals surface area contributed by atoms with Gasteiger partial charge >= 0.3 is 0 Å². The Hall–Kier alpha value is -1.14. The van der Waals surface area contributed by atoms with E-state index in [2.05, 4.69) is 22.6 Å².